The number of pyridine rings is 3. The quantitative estimate of drug-likeness (QED) is 0.0852. The maximum Gasteiger partial charge on any atom is 0.280 e. The molecule has 0 spiro atoms. The fraction of sp³-hybridized carbons (Fsp3) is 0.571. The number of aromatic nitrogens is 4. The molecule has 0 aliphatic carbocycles. The molecule has 53 heavy (non-hydrogen) atoms. The van der Waals surface area contributed by atoms with Gasteiger partial charge in [-0.1, -0.05) is 78.2 Å². The third-order valence-electron chi connectivity index (χ3n) is 9.79. The average Bonchev–Trinajstić information content (AvgIpc) is 3.76. The van der Waals surface area contributed by atoms with Crippen LogP contribution in [0.2, 0.25) is 0 Å². The summed E-state index contributed by atoms with van der Waals surface area (Å²) in [7, 11) is 0. The zero-order valence-electron chi connectivity index (χ0n) is 32.1. The van der Waals surface area contributed by atoms with E-state index >= 15 is 0 Å². The molecule has 0 radical (unpaired) electrons. The molecule has 0 bridgehead atoms. The minimum absolute atomic E-state index is 0.181. The van der Waals surface area contributed by atoms with E-state index in [9.17, 15) is 13.6 Å². The smallest absolute Gasteiger partial charge is 0.280 e. The summed E-state index contributed by atoms with van der Waals surface area (Å²) in [5.41, 5.74) is 3.67. The first-order valence-corrected chi connectivity index (χ1v) is 19.5. The minimum atomic E-state index is -2.74. The van der Waals surface area contributed by atoms with E-state index in [2.05, 4.69) is 41.0 Å². The van der Waals surface area contributed by atoms with Crippen molar-refractivity contribution in [2.75, 3.05) is 38.2 Å². The lowest BCUT2D eigenvalue weighted by Crippen LogP contribution is -2.25. The lowest BCUT2D eigenvalue weighted by molar-refractivity contribution is -0.114. The van der Waals surface area contributed by atoms with Crippen LogP contribution in [0.15, 0.2) is 48.8 Å². The number of hydrogen-bond donors (Lipinski definition) is 1. The van der Waals surface area contributed by atoms with E-state index in [1.807, 2.05) is 16.7 Å². The zero-order chi connectivity index (χ0) is 37.6. The molecule has 0 atom stereocenters. The van der Waals surface area contributed by atoms with Gasteiger partial charge in [0.25, 0.3) is 6.43 Å². The van der Waals surface area contributed by atoms with Crippen molar-refractivity contribution in [2.24, 2.45) is 5.41 Å². The van der Waals surface area contributed by atoms with Gasteiger partial charge in [0.15, 0.2) is 0 Å². The Bertz CT molecular complexity index is 1750. The van der Waals surface area contributed by atoms with Crippen LogP contribution in [0.25, 0.3) is 33.5 Å². The van der Waals surface area contributed by atoms with Crippen molar-refractivity contribution in [1.82, 2.24) is 24.4 Å². The predicted molar refractivity (Wildman–Crippen MR) is 208 cm³/mol. The summed E-state index contributed by atoms with van der Waals surface area (Å²) in [5, 5.41) is 2.77. The van der Waals surface area contributed by atoms with Gasteiger partial charge < -0.3 is 19.4 Å². The summed E-state index contributed by atoms with van der Waals surface area (Å²) < 4.78 is 42.8. The molecular weight excluding hydrogens is 674 g/mol. The minimum Gasteiger partial charge on any atom is -0.490 e. The Labute approximate surface area is 313 Å². The number of carbonyl (C=O) groups is 1. The Morgan fingerprint density at radius 1 is 0.906 bits per heavy atom. The Hall–Kier alpha value is -3.96. The van der Waals surface area contributed by atoms with Crippen LogP contribution in [0.4, 0.5) is 14.6 Å². The van der Waals surface area contributed by atoms with Gasteiger partial charge in [-0.2, -0.15) is 0 Å². The lowest BCUT2D eigenvalue weighted by Gasteiger charge is -2.17. The second kappa shape index (κ2) is 19.9. The molecule has 4 aromatic rings. The molecule has 9 nitrogen and oxygen atoms in total. The summed E-state index contributed by atoms with van der Waals surface area (Å²) in [6.07, 6.45) is 15.2. The highest BCUT2D eigenvalue weighted by Crippen LogP contribution is 2.43. The zero-order valence-corrected chi connectivity index (χ0v) is 32.1. The predicted octanol–water partition coefficient (Wildman–Crippen LogP) is 10.5. The molecule has 11 heteroatoms. The number of likely N-dealkylation sites (tertiary alicyclic amines) is 1. The Morgan fingerprint density at radius 2 is 1.60 bits per heavy atom. The molecule has 0 unspecified atom stereocenters. The Kier molecular flexibility index (Phi) is 15.1. The molecule has 1 aliphatic rings. The molecule has 4 aromatic heterocycles. The summed E-state index contributed by atoms with van der Waals surface area (Å²) >= 11 is 0. The number of rotatable bonds is 21. The Morgan fingerprint density at radius 3 is 2.30 bits per heavy atom. The van der Waals surface area contributed by atoms with Crippen molar-refractivity contribution in [2.45, 2.75) is 118 Å². The third-order valence-corrected chi connectivity index (χ3v) is 9.79. The van der Waals surface area contributed by atoms with Gasteiger partial charge in [-0.15, -0.1) is 0 Å². The molecule has 1 amide bonds. The normalized spacial score (nSPS) is 13.7. The fourth-order valence-electron chi connectivity index (χ4n) is 7.11. The van der Waals surface area contributed by atoms with Crippen LogP contribution in [-0.4, -0.2) is 63.2 Å². The molecule has 0 saturated carbocycles. The van der Waals surface area contributed by atoms with Crippen LogP contribution in [0.5, 0.6) is 5.75 Å². The number of hydrogen-bond acceptors (Lipinski definition) is 7. The van der Waals surface area contributed by atoms with Crippen molar-refractivity contribution < 1.29 is 23.0 Å². The number of nitrogens with one attached hydrogen (secondary N) is 1. The maximum atomic E-state index is 14.0. The van der Waals surface area contributed by atoms with E-state index in [4.69, 9.17) is 14.5 Å². The van der Waals surface area contributed by atoms with Gasteiger partial charge in [0.2, 0.25) is 5.91 Å². The van der Waals surface area contributed by atoms with Crippen LogP contribution in [0.3, 0.4) is 0 Å². The van der Waals surface area contributed by atoms with Crippen molar-refractivity contribution in [1.29, 1.82) is 0 Å². The highest BCUT2D eigenvalue weighted by atomic mass is 19.3. The van der Waals surface area contributed by atoms with E-state index in [1.165, 1.54) is 77.2 Å². The van der Waals surface area contributed by atoms with E-state index in [0.29, 0.717) is 63.7 Å². The second-order valence-electron chi connectivity index (χ2n) is 15.4. The number of carbonyl (C=O) groups excluding carboxylic acids is 1. The lowest BCUT2D eigenvalue weighted by atomic mass is 9.89. The van der Waals surface area contributed by atoms with E-state index in [1.54, 1.807) is 30.6 Å². The maximum absolute atomic E-state index is 14.0. The first-order chi connectivity index (χ1) is 25.6. The van der Waals surface area contributed by atoms with Crippen molar-refractivity contribution >= 4 is 22.8 Å². The SMILES string of the molecule is CC(=O)Nc1cc(-c2c(-c3cccc(C(F)F)n3)c3nccc(OCCN4CCCC4)c3n2COCCCCCCCCCCCC(C)(C)C)ccn1. The monoisotopic (exact) mass is 732 g/mol. The summed E-state index contributed by atoms with van der Waals surface area (Å²) in [6.45, 7) is 12.6. The number of unbranched alkanes of at least 4 members (excludes halogenated alkanes) is 8. The highest BCUT2D eigenvalue weighted by molar-refractivity contribution is 6.04. The second-order valence-corrected chi connectivity index (χ2v) is 15.4. The topological polar surface area (TPSA) is 94.4 Å². The molecule has 0 aromatic carbocycles. The number of anilines is 1. The number of ether oxygens (including phenoxy) is 2. The summed E-state index contributed by atoms with van der Waals surface area (Å²) in [6, 6.07) is 10.1. The number of fused-ring (bicyclic) bond motifs is 1. The van der Waals surface area contributed by atoms with Crippen LogP contribution < -0.4 is 10.1 Å². The van der Waals surface area contributed by atoms with Gasteiger partial charge in [0.1, 0.15) is 41.6 Å². The number of nitrogens with zero attached hydrogens (tertiary/aromatic N) is 5. The number of alkyl halides is 2. The van der Waals surface area contributed by atoms with Crippen molar-refractivity contribution in [3.05, 3.63) is 54.5 Å². The molecule has 5 rings (SSSR count). The molecular formula is C42H58F2N6O3. The van der Waals surface area contributed by atoms with E-state index in [-0.39, 0.29) is 18.3 Å². The van der Waals surface area contributed by atoms with Gasteiger partial charge in [-0.05, 0) is 68.5 Å². The van der Waals surface area contributed by atoms with Crippen LogP contribution in [0, 0.1) is 5.41 Å². The van der Waals surface area contributed by atoms with Crippen molar-refractivity contribution in [3.8, 4) is 28.3 Å². The highest BCUT2D eigenvalue weighted by Gasteiger charge is 2.26. The van der Waals surface area contributed by atoms with Gasteiger partial charge in [-0.25, -0.2) is 18.7 Å². The van der Waals surface area contributed by atoms with Crippen LogP contribution in [0.1, 0.15) is 117 Å². The molecule has 1 saturated heterocycles. The first kappa shape index (κ1) is 40.2. The molecule has 1 fully saturated rings. The largest absolute Gasteiger partial charge is 0.490 e. The molecule has 1 aliphatic heterocycles. The summed E-state index contributed by atoms with van der Waals surface area (Å²) in [4.78, 5) is 27.9. The van der Waals surface area contributed by atoms with Crippen molar-refractivity contribution in [3.63, 3.8) is 0 Å². The van der Waals surface area contributed by atoms with Gasteiger partial charge in [0, 0.05) is 44.1 Å². The van der Waals surface area contributed by atoms with Gasteiger partial charge in [0.05, 0.1) is 17.0 Å². The fourth-order valence-corrected chi connectivity index (χ4v) is 7.11. The molecule has 288 valence electrons. The van der Waals surface area contributed by atoms with Crippen LogP contribution in [-0.2, 0) is 16.3 Å². The van der Waals surface area contributed by atoms with Gasteiger partial charge >= 0.3 is 0 Å². The summed E-state index contributed by atoms with van der Waals surface area (Å²) in [5.74, 6) is 0.745. The van der Waals surface area contributed by atoms with Gasteiger partial charge in [-0.3, -0.25) is 14.7 Å². The average molecular weight is 733 g/mol. The van der Waals surface area contributed by atoms with E-state index < -0.39 is 6.43 Å². The standard InChI is InChI=1S/C42H58F2N6O3/c1-31(51)47-36-29-32(19-22-45-36)39-37(33-17-16-18-34(48-33)41(43)44)38-40(35(20-23-46-38)53-28-26-49-24-13-14-25-49)50(39)30-52-27-15-11-9-7-5-6-8-10-12-21-42(2,3)4/h16-20,22-23,29,41H,5-15,21,24-28,30H2,1-4H3,(H,45,47,51). The third kappa shape index (κ3) is 12.0. The first-order valence-electron chi connectivity index (χ1n) is 19.5. The number of amides is 1. The molecule has 1 N–H and O–H groups in total. The van der Waals surface area contributed by atoms with Crippen LogP contribution >= 0.6 is 0 Å². The Balaban J connectivity index is 1.38. The molecule has 5 heterocycles. The number of halogens is 2. The van der Waals surface area contributed by atoms with E-state index in [0.717, 1.165) is 32.5 Å².